The first-order valence-corrected chi connectivity index (χ1v) is 2.94. The van der Waals surface area contributed by atoms with Gasteiger partial charge in [-0.1, -0.05) is 34.8 Å². The van der Waals surface area contributed by atoms with Crippen molar-refractivity contribution in [1.29, 1.82) is 0 Å². The van der Waals surface area contributed by atoms with E-state index in [4.69, 9.17) is 50.1 Å². The van der Waals surface area contributed by atoms with E-state index in [1.54, 1.807) is 0 Å². The van der Waals surface area contributed by atoms with Gasteiger partial charge in [0.2, 0.25) is 3.79 Å². The molecule has 112 valence electrons. The number of carbonyl (C=O) groups excluding carboxylic acids is 1. The molecule has 0 fully saturated rings. The van der Waals surface area contributed by atoms with E-state index in [1.165, 1.54) is 0 Å². The van der Waals surface area contributed by atoms with Gasteiger partial charge in [-0.15, -0.1) is 0 Å². The monoisotopic (exact) mass is 364 g/mol. The maximum Gasteiger partial charge on any atom is 3.00 e. The van der Waals surface area contributed by atoms with Gasteiger partial charge in [0, 0.05) is 0 Å². The Labute approximate surface area is 122 Å². The minimum atomic E-state index is -2.28. The third-order valence-electron chi connectivity index (χ3n) is 0.231. The maximum atomic E-state index is 9.51. The van der Waals surface area contributed by atoms with Gasteiger partial charge in [-0.25, -0.2) is 10.4 Å². The number of carbonyl (C=O) groups is 1. The Kier molecular flexibility index (Phi) is 79.1. The van der Waals surface area contributed by atoms with E-state index in [9.17, 15) is 9.90 Å². The zero-order chi connectivity index (χ0) is 9.65. The normalized spacial score (nSPS) is 6.06. The van der Waals surface area contributed by atoms with Crippen LogP contribution in [0.3, 0.4) is 0 Å². The molecular weight excluding hydrogens is 353 g/mol. The van der Waals surface area contributed by atoms with Gasteiger partial charge < -0.3 is 40.7 Å². The summed E-state index contributed by atoms with van der Waals surface area (Å²) in [6, 6.07) is 0. The van der Waals surface area contributed by atoms with Crippen molar-refractivity contribution in [3.63, 3.8) is 0 Å². The van der Waals surface area contributed by atoms with Crippen LogP contribution >= 0.6 is 34.8 Å². The average molecular weight is 365 g/mol. The fourth-order valence-electron chi connectivity index (χ4n) is 0. The molecule has 15 heteroatoms. The number of rotatable bonds is 0. The van der Waals surface area contributed by atoms with Gasteiger partial charge >= 0.3 is 21.9 Å². The predicted octanol–water partition coefficient (Wildman–Crippen LogP) is 3.23. The minimum absolute atomic E-state index is 0. The number of carboxylic acid groups (broad SMARTS) is 1. The second-order valence-electron chi connectivity index (χ2n) is 1.04. The summed E-state index contributed by atoms with van der Waals surface area (Å²) < 4.78 is -2.28. The Morgan fingerprint density at radius 2 is 1.06 bits per heavy atom. The quantitative estimate of drug-likeness (QED) is 0.481. The third kappa shape index (κ3) is 88.9. The van der Waals surface area contributed by atoms with E-state index in [-0.39, 0.29) is 47.5 Å². The average Bonchev–Trinajstić information content (AvgIpc) is 1.59. The third-order valence-corrected chi connectivity index (χ3v) is 0.694. The van der Waals surface area contributed by atoms with Gasteiger partial charge in [0.25, 0.3) is 0 Å². The predicted molar refractivity (Wildman–Crippen MR) is 58.9 cm³/mol. The molecule has 0 atom stereocenters. The molecule has 0 aliphatic heterocycles. The number of nitrogens with zero attached hydrogens (tertiary/aromatic N) is 1. The van der Waals surface area contributed by atoms with Crippen LogP contribution in [0.5, 0.6) is 0 Å². The van der Waals surface area contributed by atoms with E-state index in [0.29, 0.717) is 0 Å². The molecule has 11 nitrogen and oxygen atoms in total. The molecule has 0 aliphatic carbocycles. The first kappa shape index (κ1) is 54.1. The fraction of sp³-hybridized carbons (Fsp3) is 0.500. The summed E-state index contributed by atoms with van der Waals surface area (Å²) in [6.45, 7) is 0. The molecule has 12 N–H and O–H groups in total. The number of halogens is 3. The van der Waals surface area contributed by atoms with Crippen LogP contribution in [0.15, 0.2) is 0 Å². The SMILES string of the molecule is O=C([O-])C(Cl)(Cl)Cl.O=[N+](O)O.[Co+3].[NH2-].[NH2-].[NH2-].[NH2-].[NH2-]. The molecule has 0 radical (unpaired) electrons. The van der Waals surface area contributed by atoms with Crippen molar-refractivity contribution in [3.05, 3.63) is 35.7 Å². The van der Waals surface area contributed by atoms with Crippen LogP contribution in [0.1, 0.15) is 0 Å². The van der Waals surface area contributed by atoms with Gasteiger partial charge in [0.1, 0.15) is 4.91 Å². The number of alkyl halides is 3. The van der Waals surface area contributed by atoms with E-state index in [0.717, 1.165) is 0 Å². The molecule has 0 heterocycles. The number of aliphatic carboxylic acids is 1. The van der Waals surface area contributed by atoms with Gasteiger partial charge in [-0.2, -0.15) is 0 Å². The molecule has 0 saturated heterocycles. The molecule has 0 rings (SSSR count). The van der Waals surface area contributed by atoms with E-state index < -0.39 is 14.8 Å². The Morgan fingerprint density at radius 3 is 1.06 bits per heavy atom. The topological polar surface area (TPSA) is 268 Å². The molecule has 0 bridgehead atoms. The standard InChI is InChI=1S/C2HCl3O2.Co.H2NO3.5H2N/c3-2(4,5)1(6)7;;2-1(3)4;;;;;/h(H,6,7);;(H2,2,3,4);5*1H2/q;+3;+1;5*-1/p-1. The molecule has 0 saturated carbocycles. The minimum Gasteiger partial charge on any atom is -0.693 e. The first-order valence-electron chi connectivity index (χ1n) is 1.81. The largest absolute Gasteiger partial charge is 3.00 e. The van der Waals surface area contributed by atoms with Crippen molar-refractivity contribution in [2.24, 2.45) is 0 Å². The number of hydrogen-bond acceptors (Lipinski definition) is 3. The van der Waals surface area contributed by atoms with E-state index in [1.807, 2.05) is 0 Å². The van der Waals surface area contributed by atoms with Crippen LogP contribution < -0.4 is 5.11 Å². The summed E-state index contributed by atoms with van der Waals surface area (Å²) in [5.41, 5.74) is 0. The van der Waals surface area contributed by atoms with Gasteiger partial charge in [0.15, 0.2) is 0 Å². The fourth-order valence-corrected chi connectivity index (χ4v) is 0. The number of hydrogen-bond donors (Lipinski definition) is 2. The summed E-state index contributed by atoms with van der Waals surface area (Å²) in [4.78, 5) is 18.0. The molecule has 0 aromatic carbocycles. The van der Waals surface area contributed by atoms with Crippen LogP contribution in [0.2, 0.25) is 0 Å². The Balaban J connectivity index is -0.0000000125. The maximum absolute atomic E-state index is 9.51. The summed E-state index contributed by atoms with van der Waals surface area (Å²) in [5.74, 6) is -1.71. The summed E-state index contributed by atoms with van der Waals surface area (Å²) in [5, 5.41) is 22.0. The molecule has 0 aromatic heterocycles. The second kappa shape index (κ2) is 24.9. The Bertz CT molecular complexity index is 164. The van der Waals surface area contributed by atoms with Crippen molar-refractivity contribution in [2.45, 2.75) is 3.79 Å². The van der Waals surface area contributed by atoms with Crippen molar-refractivity contribution >= 4 is 40.8 Å². The van der Waals surface area contributed by atoms with Gasteiger partial charge in [0.05, 0.1) is 5.97 Å². The number of carboxylic acids is 1. The van der Waals surface area contributed by atoms with Crippen LogP contribution in [0.25, 0.3) is 30.8 Å². The van der Waals surface area contributed by atoms with Crippen LogP contribution in [0.4, 0.5) is 0 Å². The molecule has 0 aromatic rings. The van der Waals surface area contributed by atoms with Crippen molar-refractivity contribution in [3.8, 4) is 0 Å². The summed E-state index contributed by atoms with van der Waals surface area (Å²) >= 11 is 14.2. The molecule has 0 spiro atoms. The summed E-state index contributed by atoms with van der Waals surface area (Å²) in [7, 11) is 0. The molecule has 0 unspecified atom stereocenters. The van der Waals surface area contributed by atoms with Crippen LogP contribution in [0, 0.1) is 4.91 Å². The van der Waals surface area contributed by atoms with Crippen molar-refractivity contribution in [1.82, 2.24) is 0 Å². The van der Waals surface area contributed by atoms with Gasteiger partial charge in [-0.05, 0) is 0 Å². The molecule has 0 aliphatic rings. The van der Waals surface area contributed by atoms with Gasteiger partial charge in [-0.3, -0.25) is 0 Å². The van der Waals surface area contributed by atoms with Crippen molar-refractivity contribution < 1.29 is 42.2 Å². The molecule has 17 heavy (non-hydrogen) atoms. The van der Waals surface area contributed by atoms with Crippen molar-refractivity contribution in [2.75, 3.05) is 0 Å². The van der Waals surface area contributed by atoms with Crippen LogP contribution in [-0.4, -0.2) is 25.3 Å². The number of nitrogens with two attached hydrogens (primary N) is 5. The zero-order valence-electron chi connectivity index (χ0n) is 7.92. The molecule has 0 amide bonds. The van der Waals surface area contributed by atoms with E-state index in [2.05, 4.69) is 0 Å². The first-order chi connectivity index (χ1) is 4.68. The Morgan fingerprint density at radius 1 is 1.00 bits per heavy atom. The summed E-state index contributed by atoms with van der Waals surface area (Å²) in [6.07, 6.45) is 0. The Hall–Kier alpha value is -0.154. The van der Waals surface area contributed by atoms with Crippen LogP contribution in [-0.2, 0) is 21.6 Å². The molecular formula is C2H12Cl3CoN6O5-2. The van der Waals surface area contributed by atoms with E-state index >= 15 is 0 Å². The smallest absolute Gasteiger partial charge is 0.693 e. The second-order valence-corrected chi connectivity index (χ2v) is 3.32. The zero-order valence-corrected chi connectivity index (χ0v) is 11.2.